The smallest absolute Gasteiger partial charge is 0.274 e. The minimum atomic E-state index is -0.0476. The highest BCUT2D eigenvalue weighted by Crippen LogP contribution is 2.34. The van der Waals surface area contributed by atoms with E-state index in [0.29, 0.717) is 21.8 Å². The Kier molecular flexibility index (Phi) is 5.05. The molecule has 28 heavy (non-hydrogen) atoms. The van der Waals surface area contributed by atoms with Crippen LogP contribution in [0.3, 0.4) is 0 Å². The number of ether oxygens (including phenoxy) is 2. The highest BCUT2D eigenvalue weighted by Gasteiger charge is 2.14. The van der Waals surface area contributed by atoms with E-state index in [0.717, 1.165) is 31.5 Å². The molecule has 2 aromatic carbocycles. The van der Waals surface area contributed by atoms with Crippen LogP contribution in [0.5, 0.6) is 11.5 Å². The number of aryl methyl sites for hydroxylation is 2. The van der Waals surface area contributed by atoms with Crippen LogP contribution in [-0.4, -0.2) is 23.1 Å². The van der Waals surface area contributed by atoms with Crippen molar-refractivity contribution >= 4 is 56.0 Å². The van der Waals surface area contributed by atoms with Crippen molar-refractivity contribution < 1.29 is 9.47 Å². The van der Waals surface area contributed by atoms with Gasteiger partial charge in [0.1, 0.15) is 0 Å². The molecule has 0 bridgehead atoms. The number of nitrogens with zero attached hydrogens (tertiary/aromatic N) is 2. The van der Waals surface area contributed by atoms with Crippen molar-refractivity contribution in [3.05, 3.63) is 59.4 Å². The monoisotopic (exact) mass is 506 g/mol. The summed E-state index contributed by atoms with van der Waals surface area (Å²) in [5.74, 6) is 1.38. The molecule has 0 atom stereocenters. The molecule has 0 aliphatic heterocycles. The van der Waals surface area contributed by atoms with Crippen molar-refractivity contribution in [3.63, 3.8) is 0 Å². The zero-order chi connectivity index (χ0) is 20.0. The highest BCUT2D eigenvalue weighted by atomic mass is 127. The Bertz CT molecular complexity index is 1320. The van der Waals surface area contributed by atoms with Gasteiger partial charge in [0, 0.05) is 0 Å². The molecule has 0 aliphatic carbocycles. The van der Waals surface area contributed by atoms with Crippen LogP contribution in [-0.2, 0) is 0 Å². The number of hydrogen-bond donors (Lipinski definition) is 0. The third-order valence-corrected chi connectivity index (χ3v) is 6.46. The van der Waals surface area contributed by atoms with E-state index in [-0.39, 0.29) is 5.56 Å². The summed E-state index contributed by atoms with van der Waals surface area (Å²) >= 11 is 3.62. The molecule has 7 heteroatoms. The van der Waals surface area contributed by atoms with Crippen LogP contribution >= 0.6 is 33.9 Å². The number of rotatable bonds is 4. The Balaban J connectivity index is 1.91. The molecule has 0 radical (unpaired) electrons. The van der Waals surface area contributed by atoms with Crippen molar-refractivity contribution in [2.45, 2.75) is 20.8 Å². The molecule has 0 spiro atoms. The number of hydrogen-bond acceptors (Lipinski definition) is 5. The summed E-state index contributed by atoms with van der Waals surface area (Å²) in [6.07, 6.45) is 1.88. The SMILES string of the molecule is CCOc1c(I)cc(/C=c2/sc3nc4cc(C)c(C)cc4n3c2=O)cc1OC. The van der Waals surface area contributed by atoms with E-state index in [2.05, 4.69) is 34.5 Å². The fourth-order valence-electron chi connectivity index (χ4n) is 3.18. The quantitative estimate of drug-likeness (QED) is 0.392. The summed E-state index contributed by atoms with van der Waals surface area (Å²) in [7, 11) is 1.62. The van der Waals surface area contributed by atoms with Gasteiger partial charge in [0.2, 0.25) is 0 Å². The molecule has 2 aromatic heterocycles. The summed E-state index contributed by atoms with van der Waals surface area (Å²) in [4.78, 5) is 18.4. The van der Waals surface area contributed by atoms with Gasteiger partial charge in [0.05, 0.1) is 32.9 Å². The first-order chi connectivity index (χ1) is 13.4. The molecule has 0 aliphatic rings. The summed E-state index contributed by atoms with van der Waals surface area (Å²) in [6, 6.07) is 7.95. The first kappa shape index (κ1) is 19.2. The Morgan fingerprint density at radius 3 is 2.68 bits per heavy atom. The number of aromatic nitrogens is 2. The first-order valence-corrected chi connectivity index (χ1v) is 10.8. The maximum absolute atomic E-state index is 13.1. The number of methoxy groups -OCH3 is 1. The van der Waals surface area contributed by atoms with E-state index in [1.807, 2.05) is 44.2 Å². The van der Waals surface area contributed by atoms with Crippen molar-refractivity contribution in [2.24, 2.45) is 0 Å². The fourth-order valence-corrected chi connectivity index (χ4v) is 4.95. The lowest BCUT2D eigenvalue weighted by Gasteiger charge is -2.12. The van der Waals surface area contributed by atoms with Gasteiger partial charge in [-0.3, -0.25) is 4.79 Å². The largest absolute Gasteiger partial charge is 0.493 e. The molecule has 4 rings (SSSR count). The molecule has 0 fully saturated rings. The number of halogens is 1. The van der Waals surface area contributed by atoms with Crippen LogP contribution in [0, 0.1) is 17.4 Å². The predicted molar refractivity (Wildman–Crippen MR) is 122 cm³/mol. The van der Waals surface area contributed by atoms with Gasteiger partial charge in [-0.25, -0.2) is 9.38 Å². The Morgan fingerprint density at radius 1 is 1.21 bits per heavy atom. The second kappa shape index (κ2) is 7.36. The van der Waals surface area contributed by atoms with Gasteiger partial charge in [-0.15, -0.1) is 0 Å². The third-order valence-electron chi connectivity index (χ3n) is 4.69. The van der Waals surface area contributed by atoms with Crippen molar-refractivity contribution in [2.75, 3.05) is 13.7 Å². The standard InChI is InChI=1S/C21H19IN2O3S/c1-5-27-19-14(22)8-13(9-17(19)26-4)10-18-20(25)24-16-7-12(3)11(2)6-15(16)23-21(24)28-18/h6-10H,5H2,1-4H3/b18-10+. The van der Waals surface area contributed by atoms with Gasteiger partial charge < -0.3 is 9.47 Å². The maximum Gasteiger partial charge on any atom is 0.274 e. The summed E-state index contributed by atoms with van der Waals surface area (Å²) < 4.78 is 14.4. The average Bonchev–Trinajstić information content (AvgIpc) is 3.14. The Labute approximate surface area is 179 Å². The molecule has 4 aromatic rings. The third kappa shape index (κ3) is 3.16. The summed E-state index contributed by atoms with van der Waals surface area (Å²) in [6.45, 7) is 6.61. The van der Waals surface area contributed by atoms with Gasteiger partial charge in [-0.2, -0.15) is 0 Å². The molecule has 0 amide bonds. The van der Waals surface area contributed by atoms with Gasteiger partial charge in [-0.05, 0) is 90.4 Å². The molecule has 0 N–H and O–H groups in total. The van der Waals surface area contributed by atoms with Crippen molar-refractivity contribution in [3.8, 4) is 11.5 Å². The minimum absolute atomic E-state index is 0.0476. The average molecular weight is 506 g/mol. The van der Waals surface area contributed by atoms with E-state index in [4.69, 9.17) is 9.47 Å². The van der Waals surface area contributed by atoms with Gasteiger partial charge >= 0.3 is 0 Å². The van der Waals surface area contributed by atoms with Crippen molar-refractivity contribution in [1.82, 2.24) is 9.38 Å². The van der Waals surface area contributed by atoms with Gasteiger partial charge in [0.25, 0.3) is 5.56 Å². The first-order valence-electron chi connectivity index (χ1n) is 8.87. The lowest BCUT2D eigenvalue weighted by atomic mass is 10.1. The van der Waals surface area contributed by atoms with Crippen molar-refractivity contribution in [1.29, 1.82) is 0 Å². The minimum Gasteiger partial charge on any atom is -0.493 e. The normalized spacial score (nSPS) is 12.2. The predicted octanol–water partition coefficient (Wildman–Crippen LogP) is 4.09. The Hall–Kier alpha value is -2.13. The number of imidazole rings is 1. The molecule has 0 saturated carbocycles. The molecular formula is C21H19IN2O3S. The Morgan fingerprint density at radius 2 is 1.96 bits per heavy atom. The fraction of sp³-hybridized carbons (Fsp3) is 0.238. The lowest BCUT2D eigenvalue weighted by molar-refractivity contribution is 0.308. The van der Waals surface area contributed by atoms with E-state index in [1.54, 1.807) is 11.5 Å². The molecule has 0 saturated heterocycles. The lowest BCUT2D eigenvalue weighted by Crippen LogP contribution is -2.22. The number of thiazole rings is 1. The highest BCUT2D eigenvalue weighted by molar-refractivity contribution is 14.1. The van der Waals surface area contributed by atoms with E-state index < -0.39 is 0 Å². The summed E-state index contributed by atoms with van der Waals surface area (Å²) in [5, 5.41) is 0. The zero-order valence-electron chi connectivity index (χ0n) is 16.0. The second-order valence-electron chi connectivity index (χ2n) is 6.54. The van der Waals surface area contributed by atoms with Crippen LogP contribution < -0.4 is 19.6 Å². The molecule has 5 nitrogen and oxygen atoms in total. The van der Waals surface area contributed by atoms with E-state index in [9.17, 15) is 4.79 Å². The molecular weight excluding hydrogens is 487 g/mol. The maximum atomic E-state index is 13.1. The van der Waals surface area contributed by atoms with E-state index in [1.165, 1.54) is 16.9 Å². The van der Waals surface area contributed by atoms with Crippen LogP contribution in [0.2, 0.25) is 0 Å². The van der Waals surface area contributed by atoms with Gasteiger partial charge in [-0.1, -0.05) is 11.3 Å². The second-order valence-corrected chi connectivity index (χ2v) is 8.71. The van der Waals surface area contributed by atoms with Crippen LogP contribution in [0.25, 0.3) is 22.1 Å². The summed E-state index contributed by atoms with van der Waals surface area (Å²) in [5.41, 5.74) is 4.88. The molecule has 144 valence electrons. The molecule has 2 heterocycles. The van der Waals surface area contributed by atoms with Gasteiger partial charge in [0.15, 0.2) is 16.5 Å². The van der Waals surface area contributed by atoms with Crippen LogP contribution in [0.4, 0.5) is 0 Å². The van der Waals surface area contributed by atoms with Crippen LogP contribution in [0.15, 0.2) is 29.1 Å². The molecule has 0 unspecified atom stereocenters. The number of fused-ring (bicyclic) bond motifs is 3. The van der Waals surface area contributed by atoms with Crippen LogP contribution in [0.1, 0.15) is 23.6 Å². The number of benzene rings is 2. The van der Waals surface area contributed by atoms with E-state index >= 15 is 0 Å². The zero-order valence-corrected chi connectivity index (χ0v) is 19.0. The topological polar surface area (TPSA) is 52.8 Å².